The number of hydrogen-bond acceptors (Lipinski definition) is 3. The van der Waals surface area contributed by atoms with Crippen molar-refractivity contribution in [3.8, 4) is 11.8 Å². The molecule has 0 N–H and O–H groups in total. The molecule has 0 heterocycles. The van der Waals surface area contributed by atoms with Crippen molar-refractivity contribution in [2.24, 2.45) is 5.92 Å². The van der Waals surface area contributed by atoms with Crippen molar-refractivity contribution in [2.45, 2.75) is 24.0 Å². The minimum absolute atomic E-state index is 0.0904. The average molecular weight is 256 g/mol. The molecule has 0 aliphatic heterocycles. The Kier molecular flexibility index (Phi) is 4.98. The van der Waals surface area contributed by atoms with Crippen molar-refractivity contribution in [3.63, 3.8) is 0 Å². The first-order valence-electron chi connectivity index (χ1n) is 4.98. The van der Waals surface area contributed by atoms with Crippen LogP contribution in [0.15, 0.2) is 23.1 Å². The molecule has 0 spiro atoms. The first kappa shape index (κ1) is 13.2. The van der Waals surface area contributed by atoms with Gasteiger partial charge in [-0.25, -0.2) is 0 Å². The SMILES string of the molecule is COc1ccc(Cl)cc1SC(C#N)C(C)C. The summed E-state index contributed by atoms with van der Waals surface area (Å²) in [4.78, 5) is 0.912. The molecular weight excluding hydrogens is 242 g/mol. The van der Waals surface area contributed by atoms with E-state index in [1.165, 1.54) is 11.8 Å². The molecule has 0 bridgehead atoms. The topological polar surface area (TPSA) is 33.0 Å². The van der Waals surface area contributed by atoms with Gasteiger partial charge in [0.15, 0.2) is 0 Å². The van der Waals surface area contributed by atoms with Gasteiger partial charge in [-0.3, -0.25) is 0 Å². The molecular formula is C12H14ClNOS. The average Bonchev–Trinajstić information content (AvgIpc) is 2.25. The van der Waals surface area contributed by atoms with Gasteiger partial charge in [-0.15, -0.1) is 11.8 Å². The first-order chi connectivity index (χ1) is 7.58. The maximum atomic E-state index is 9.05. The Hall–Kier alpha value is -0.850. The lowest BCUT2D eigenvalue weighted by molar-refractivity contribution is 0.404. The van der Waals surface area contributed by atoms with Crippen LogP contribution >= 0.6 is 23.4 Å². The van der Waals surface area contributed by atoms with E-state index in [-0.39, 0.29) is 5.25 Å². The molecule has 4 heteroatoms. The number of methoxy groups -OCH3 is 1. The van der Waals surface area contributed by atoms with Gasteiger partial charge in [-0.2, -0.15) is 5.26 Å². The smallest absolute Gasteiger partial charge is 0.132 e. The zero-order chi connectivity index (χ0) is 12.1. The molecule has 0 radical (unpaired) electrons. The molecule has 86 valence electrons. The molecule has 0 fully saturated rings. The molecule has 0 saturated carbocycles. The Labute approximate surface area is 106 Å². The van der Waals surface area contributed by atoms with E-state index in [0.717, 1.165) is 10.6 Å². The number of thioether (sulfide) groups is 1. The fourth-order valence-electron chi connectivity index (χ4n) is 1.19. The van der Waals surface area contributed by atoms with Crippen molar-refractivity contribution < 1.29 is 4.74 Å². The minimum Gasteiger partial charge on any atom is -0.496 e. The summed E-state index contributed by atoms with van der Waals surface area (Å²) in [5, 5.41) is 9.61. The molecule has 0 amide bonds. The van der Waals surface area contributed by atoms with Crippen LogP contribution in [-0.2, 0) is 0 Å². The molecule has 0 aliphatic carbocycles. The largest absolute Gasteiger partial charge is 0.496 e. The molecule has 0 aliphatic rings. The summed E-state index contributed by atoms with van der Waals surface area (Å²) in [6, 6.07) is 7.71. The lowest BCUT2D eigenvalue weighted by Crippen LogP contribution is -2.08. The van der Waals surface area contributed by atoms with Crippen LogP contribution in [0.2, 0.25) is 5.02 Å². The summed E-state index contributed by atoms with van der Waals surface area (Å²) >= 11 is 7.42. The van der Waals surface area contributed by atoms with E-state index in [4.69, 9.17) is 21.6 Å². The van der Waals surface area contributed by atoms with Crippen molar-refractivity contribution in [3.05, 3.63) is 23.2 Å². The fourth-order valence-corrected chi connectivity index (χ4v) is 2.49. The molecule has 1 aromatic rings. The number of halogens is 1. The third-order valence-electron chi connectivity index (χ3n) is 2.11. The predicted octanol–water partition coefficient (Wildman–Crippen LogP) is 3.99. The van der Waals surface area contributed by atoms with Crippen LogP contribution in [0.3, 0.4) is 0 Å². The van der Waals surface area contributed by atoms with Gasteiger partial charge in [-0.05, 0) is 24.1 Å². The van der Waals surface area contributed by atoms with Gasteiger partial charge in [0, 0.05) is 5.02 Å². The lowest BCUT2D eigenvalue weighted by Gasteiger charge is -2.14. The van der Waals surface area contributed by atoms with Crippen LogP contribution in [0.5, 0.6) is 5.75 Å². The third-order valence-corrected chi connectivity index (χ3v) is 3.82. The Balaban J connectivity index is 2.95. The van der Waals surface area contributed by atoms with Gasteiger partial charge < -0.3 is 4.74 Å². The maximum absolute atomic E-state index is 9.05. The second-order valence-corrected chi connectivity index (χ2v) is 5.33. The van der Waals surface area contributed by atoms with Gasteiger partial charge in [-0.1, -0.05) is 25.4 Å². The van der Waals surface area contributed by atoms with Crippen molar-refractivity contribution in [1.82, 2.24) is 0 Å². The standard InChI is InChI=1S/C12H14ClNOS/c1-8(2)12(7-14)16-11-6-9(13)4-5-10(11)15-3/h4-6,8,12H,1-3H3. The Morgan fingerprint density at radius 2 is 2.12 bits per heavy atom. The number of nitrogens with zero attached hydrogens (tertiary/aromatic N) is 1. The normalized spacial score (nSPS) is 12.2. The lowest BCUT2D eigenvalue weighted by atomic mass is 10.1. The van der Waals surface area contributed by atoms with Crippen molar-refractivity contribution >= 4 is 23.4 Å². The molecule has 0 saturated heterocycles. The monoisotopic (exact) mass is 255 g/mol. The summed E-state index contributed by atoms with van der Waals surface area (Å²) in [7, 11) is 1.62. The maximum Gasteiger partial charge on any atom is 0.132 e. The zero-order valence-corrected chi connectivity index (χ0v) is 11.1. The highest BCUT2D eigenvalue weighted by atomic mass is 35.5. The first-order valence-corrected chi connectivity index (χ1v) is 6.24. The number of nitriles is 1. The third kappa shape index (κ3) is 3.33. The number of rotatable bonds is 4. The summed E-state index contributed by atoms with van der Waals surface area (Å²) in [6.07, 6.45) is 0. The highest BCUT2D eigenvalue weighted by molar-refractivity contribution is 8.00. The Morgan fingerprint density at radius 3 is 2.62 bits per heavy atom. The minimum atomic E-state index is -0.0904. The molecule has 1 atom stereocenters. The molecule has 1 aromatic carbocycles. The van der Waals surface area contributed by atoms with Crippen LogP contribution in [0.25, 0.3) is 0 Å². The van der Waals surface area contributed by atoms with Crippen LogP contribution in [-0.4, -0.2) is 12.4 Å². The summed E-state index contributed by atoms with van der Waals surface area (Å²) in [5.74, 6) is 1.05. The van der Waals surface area contributed by atoms with Crippen LogP contribution in [0.4, 0.5) is 0 Å². The molecule has 1 rings (SSSR count). The van der Waals surface area contributed by atoms with Gasteiger partial charge in [0.2, 0.25) is 0 Å². The van der Waals surface area contributed by atoms with E-state index in [1.54, 1.807) is 13.2 Å². The molecule has 16 heavy (non-hydrogen) atoms. The van der Waals surface area contributed by atoms with E-state index in [9.17, 15) is 0 Å². The fraction of sp³-hybridized carbons (Fsp3) is 0.417. The number of hydrogen-bond donors (Lipinski definition) is 0. The highest BCUT2D eigenvalue weighted by Crippen LogP contribution is 2.36. The van der Waals surface area contributed by atoms with Crippen molar-refractivity contribution in [1.29, 1.82) is 5.26 Å². The second-order valence-electron chi connectivity index (χ2n) is 3.71. The molecule has 0 aromatic heterocycles. The second kappa shape index (κ2) is 6.03. The van der Waals surface area contributed by atoms with Crippen LogP contribution in [0, 0.1) is 17.2 Å². The molecule has 1 unspecified atom stereocenters. The van der Waals surface area contributed by atoms with E-state index in [1.807, 2.05) is 26.0 Å². The Bertz CT molecular complexity index is 400. The Morgan fingerprint density at radius 1 is 1.44 bits per heavy atom. The van der Waals surface area contributed by atoms with E-state index < -0.39 is 0 Å². The van der Waals surface area contributed by atoms with Crippen molar-refractivity contribution in [2.75, 3.05) is 7.11 Å². The van der Waals surface area contributed by atoms with E-state index in [2.05, 4.69) is 6.07 Å². The summed E-state index contributed by atoms with van der Waals surface area (Å²) in [6.45, 7) is 4.05. The summed E-state index contributed by atoms with van der Waals surface area (Å²) < 4.78 is 5.24. The van der Waals surface area contributed by atoms with Gasteiger partial charge in [0.1, 0.15) is 5.75 Å². The number of benzene rings is 1. The number of ether oxygens (including phenoxy) is 1. The van der Waals surface area contributed by atoms with Gasteiger partial charge in [0.25, 0.3) is 0 Å². The van der Waals surface area contributed by atoms with Crippen LogP contribution in [0.1, 0.15) is 13.8 Å². The zero-order valence-electron chi connectivity index (χ0n) is 9.53. The van der Waals surface area contributed by atoms with Crippen LogP contribution < -0.4 is 4.74 Å². The quantitative estimate of drug-likeness (QED) is 0.763. The van der Waals surface area contributed by atoms with Gasteiger partial charge in [0.05, 0.1) is 23.3 Å². The van der Waals surface area contributed by atoms with Gasteiger partial charge >= 0.3 is 0 Å². The van der Waals surface area contributed by atoms with E-state index >= 15 is 0 Å². The predicted molar refractivity (Wildman–Crippen MR) is 68.1 cm³/mol. The van der Waals surface area contributed by atoms with E-state index in [0.29, 0.717) is 10.9 Å². The highest BCUT2D eigenvalue weighted by Gasteiger charge is 2.16. The molecule has 2 nitrogen and oxygen atoms in total. The summed E-state index contributed by atoms with van der Waals surface area (Å²) in [5.41, 5.74) is 0.